The lowest BCUT2D eigenvalue weighted by molar-refractivity contribution is 0.395. The summed E-state index contributed by atoms with van der Waals surface area (Å²) in [6, 6.07) is 27.7. The van der Waals surface area contributed by atoms with Crippen molar-refractivity contribution in [3.8, 4) is 0 Å². The molecule has 1 saturated heterocycles. The van der Waals surface area contributed by atoms with Crippen LogP contribution < -0.4 is 4.90 Å². The Bertz CT molecular complexity index is 1280. The lowest BCUT2D eigenvalue weighted by atomic mass is 9.65. The summed E-state index contributed by atoms with van der Waals surface area (Å²) in [5, 5.41) is 5.56. The van der Waals surface area contributed by atoms with Gasteiger partial charge in [-0.15, -0.1) is 0 Å². The molecule has 0 N–H and O–H groups in total. The summed E-state index contributed by atoms with van der Waals surface area (Å²) in [7, 11) is 0. The summed E-state index contributed by atoms with van der Waals surface area (Å²) in [5.74, 6) is 0.586. The smallest absolute Gasteiger partial charge is 0.0369 e. The Hall–Kier alpha value is -2.80. The molecule has 1 heterocycles. The summed E-state index contributed by atoms with van der Waals surface area (Å²) >= 11 is 0. The number of hydrogen-bond donors (Lipinski definition) is 0. The van der Waals surface area contributed by atoms with Gasteiger partial charge < -0.3 is 4.90 Å². The maximum absolute atomic E-state index is 2.56. The number of benzene rings is 4. The first-order valence-corrected chi connectivity index (χ1v) is 11.9. The topological polar surface area (TPSA) is 3.24 Å². The van der Waals surface area contributed by atoms with Gasteiger partial charge in [-0.05, 0) is 87.4 Å². The fraction of sp³-hybridized carbons (Fsp3) is 0.333. The average Bonchev–Trinajstić information content (AvgIpc) is 3.33. The molecule has 2 aliphatic rings. The van der Waals surface area contributed by atoms with Crippen molar-refractivity contribution < 1.29 is 0 Å². The van der Waals surface area contributed by atoms with Crippen molar-refractivity contribution in [2.45, 2.75) is 50.9 Å². The van der Waals surface area contributed by atoms with Crippen LogP contribution in [0.2, 0.25) is 0 Å². The summed E-state index contributed by atoms with van der Waals surface area (Å²) in [5.41, 5.74) is 6.20. The van der Waals surface area contributed by atoms with Gasteiger partial charge in [0.05, 0.1) is 0 Å². The highest BCUT2D eigenvalue weighted by Gasteiger charge is 2.35. The Morgan fingerprint density at radius 3 is 2.45 bits per heavy atom. The lowest BCUT2D eigenvalue weighted by Crippen LogP contribution is -2.29. The summed E-state index contributed by atoms with van der Waals surface area (Å²) in [6.45, 7) is 7.33. The van der Waals surface area contributed by atoms with Gasteiger partial charge in [0.1, 0.15) is 0 Å². The van der Waals surface area contributed by atoms with E-state index in [0.717, 1.165) is 6.42 Å². The highest BCUT2D eigenvalue weighted by molar-refractivity contribution is 6.09. The average molecular weight is 406 g/mol. The van der Waals surface area contributed by atoms with Gasteiger partial charge in [0.2, 0.25) is 0 Å². The first-order valence-electron chi connectivity index (χ1n) is 11.9. The van der Waals surface area contributed by atoms with Crippen LogP contribution in [0.15, 0.2) is 72.8 Å². The molecule has 0 aromatic heterocycles. The van der Waals surface area contributed by atoms with Crippen LogP contribution in [0.25, 0.3) is 21.5 Å². The Kier molecular flexibility index (Phi) is 4.35. The molecule has 1 unspecified atom stereocenters. The maximum Gasteiger partial charge on any atom is 0.0369 e. The standard InChI is InChI=1S/C30H31N/c1-30(2)20-24(22-9-7-10-25(19-22)31-16-5-6-17-31)18-23-13-14-27-26-11-4-3-8-21(26)12-15-28(27)29(23)30/h3-4,7-15,19,24H,5-6,16-18,20H2,1-2H3. The zero-order chi connectivity index (χ0) is 21.0. The minimum atomic E-state index is 0.157. The maximum atomic E-state index is 2.56. The first kappa shape index (κ1) is 18.9. The van der Waals surface area contributed by atoms with E-state index in [1.807, 2.05) is 0 Å². The molecule has 1 nitrogen and oxygen atoms in total. The van der Waals surface area contributed by atoms with Crippen LogP contribution in [0, 0.1) is 0 Å². The second kappa shape index (κ2) is 7.12. The van der Waals surface area contributed by atoms with Crippen molar-refractivity contribution in [2.24, 2.45) is 0 Å². The molecule has 4 aromatic carbocycles. The fourth-order valence-corrected chi connectivity index (χ4v) is 6.34. The number of anilines is 1. The van der Waals surface area contributed by atoms with E-state index in [1.165, 1.54) is 70.7 Å². The Morgan fingerprint density at radius 2 is 1.58 bits per heavy atom. The SMILES string of the molecule is CC1(C)CC(c2cccc(N3CCCC3)c2)Cc2ccc3c(ccc4ccccc43)c21. The van der Waals surface area contributed by atoms with E-state index >= 15 is 0 Å². The zero-order valence-corrected chi connectivity index (χ0v) is 18.7. The van der Waals surface area contributed by atoms with Crippen LogP contribution in [0.5, 0.6) is 0 Å². The number of nitrogens with zero attached hydrogens (tertiary/aromatic N) is 1. The predicted molar refractivity (Wildman–Crippen MR) is 133 cm³/mol. The van der Waals surface area contributed by atoms with E-state index in [2.05, 4.69) is 91.5 Å². The molecule has 6 rings (SSSR count). The third kappa shape index (κ3) is 3.14. The second-order valence-corrected chi connectivity index (χ2v) is 10.3. The van der Waals surface area contributed by atoms with E-state index in [-0.39, 0.29) is 5.41 Å². The van der Waals surface area contributed by atoms with Crippen LogP contribution in [0.3, 0.4) is 0 Å². The largest absolute Gasteiger partial charge is 0.372 e. The zero-order valence-electron chi connectivity index (χ0n) is 18.7. The molecule has 4 aromatic rings. The van der Waals surface area contributed by atoms with Crippen LogP contribution in [0.1, 0.15) is 55.7 Å². The predicted octanol–water partition coefficient (Wildman–Crippen LogP) is 7.60. The Morgan fingerprint density at radius 1 is 0.774 bits per heavy atom. The van der Waals surface area contributed by atoms with Gasteiger partial charge in [0, 0.05) is 18.8 Å². The third-order valence-electron chi connectivity index (χ3n) is 7.72. The Balaban J connectivity index is 1.44. The van der Waals surface area contributed by atoms with Crippen molar-refractivity contribution in [2.75, 3.05) is 18.0 Å². The molecule has 0 amide bonds. The van der Waals surface area contributed by atoms with Crippen LogP contribution in [0.4, 0.5) is 5.69 Å². The van der Waals surface area contributed by atoms with Crippen molar-refractivity contribution in [1.29, 1.82) is 0 Å². The molecule has 0 spiro atoms. The van der Waals surface area contributed by atoms with Gasteiger partial charge in [-0.2, -0.15) is 0 Å². The highest BCUT2D eigenvalue weighted by Crippen LogP contribution is 2.47. The Labute approximate surface area is 185 Å². The van der Waals surface area contributed by atoms with Gasteiger partial charge in [0.15, 0.2) is 0 Å². The molecular formula is C30H31N. The van der Waals surface area contributed by atoms with E-state index in [4.69, 9.17) is 0 Å². The lowest BCUT2D eigenvalue weighted by Gasteiger charge is -2.39. The molecule has 1 heteroatoms. The van der Waals surface area contributed by atoms with E-state index in [0.29, 0.717) is 5.92 Å². The van der Waals surface area contributed by atoms with E-state index in [9.17, 15) is 0 Å². The molecule has 1 fully saturated rings. The van der Waals surface area contributed by atoms with Crippen molar-refractivity contribution in [3.05, 3.63) is 89.5 Å². The molecule has 0 radical (unpaired) electrons. The molecule has 0 saturated carbocycles. The van der Waals surface area contributed by atoms with Crippen molar-refractivity contribution in [1.82, 2.24) is 0 Å². The van der Waals surface area contributed by atoms with Gasteiger partial charge in [-0.1, -0.05) is 74.5 Å². The molecule has 1 aliphatic carbocycles. The van der Waals surface area contributed by atoms with Gasteiger partial charge in [-0.3, -0.25) is 0 Å². The first-order chi connectivity index (χ1) is 15.1. The quantitative estimate of drug-likeness (QED) is 0.310. The number of fused-ring (bicyclic) bond motifs is 5. The van der Waals surface area contributed by atoms with Gasteiger partial charge in [-0.25, -0.2) is 0 Å². The number of rotatable bonds is 2. The normalized spacial score (nSPS) is 20.3. The van der Waals surface area contributed by atoms with Crippen LogP contribution >= 0.6 is 0 Å². The highest BCUT2D eigenvalue weighted by atomic mass is 15.1. The molecule has 156 valence electrons. The van der Waals surface area contributed by atoms with E-state index < -0.39 is 0 Å². The van der Waals surface area contributed by atoms with Crippen LogP contribution in [-0.2, 0) is 11.8 Å². The molecular weight excluding hydrogens is 374 g/mol. The van der Waals surface area contributed by atoms with Crippen molar-refractivity contribution >= 4 is 27.2 Å². The third-order valence-corrected chi connectivity index (χ3v) is 7.72. The molecule has 0 bridgehead atoms. The fourth-order valence-electron chi connectivity index (χ4n) is 6.34. The molecule has 1 aliphatic heterocycles. The molecule has 1 atom stereocenters. The minimum Gasteiger partial charge on any atom is -0.372 e. The molecule has 31 heavy (non-hydrogen) atoms. The number of hydrogen-bond acceptors (Lipinski definition) is 1. The summed E-state index contributed by atoms with van der Waals surface area (Å²) in [4.78, 5) is 2.56. The van der Waals surface area contributed by atoms with Crippen molar-refractivity contribution in [3.63, 3.8) is 0 Å². The van der Waals surface area contributed by atoms with E-state index in [1.54, 1.807) is 5.56 Å². The minimum absolute atomic E-state index is 0.157. The monoisotopic (exact) mass is 405 g/mol. The summed E-state index contributed by atoms with van der Waals surface area (Å²) in [6.07, 6.45) is 5.01. The second-order valence-electron chi connectivity index (χ2n) is 10.3. The van der Waals surface area contributed by atoms with Gasteiger partial charge >= 0.3 is 0 Å². The summed E-state index contributed by atoms with van der Waals surface area (Å²) < 4.78 is 0. The van der Waals surface area contributed by atoms with Gasteiger partial charge in [0.25, 0.3) is 0 Å². The van der Waals surface area contributed by atoms with Crippen LogP contribution in [-0.4, -0.2) is 13.1 Å².